The number of amides is 1. The van der Waals surface area contributed by atoms with Crippen molar-refractivity contribution in [1.82, 2.24) is 10.6 Å². The zero-order chi connectivity index (χ0) is 11.3. The Morgan fingerprint density at radius 2 is 1.93 bits per heavy atom. The van der Waals surface area contributed by atoms with Crippen LogP contribution in [-0.4, -0.2) is 26.0 Å². The van der Waals surface area contributed by atoms with E-state index in [2.05, 4.69) is 10.6 Å². The summed E-state index contributed by atoms with van der Waals surface area (Å²) in [6.07, 6.45) is 5.47. The molecular formula is C12H24N2O. The lowest BCUT2D eigenvalue weighted by Crippen LogP contribution is -2.42. The lowest BCUT2D eigenvalue weighted by Gasteiger charge is -2.23. The molecule has 3 heteroatoms. The van der Waals surface area contributed by atoms with Gasteiger partial charge in [-0.25, -0.2) is 0 Å². The first-order chi connectivity index (χ1) is 7.06. The molecule has 15 heavy (non-hydrogen) atoms. The third-order valence-corrected chi connectivity index (χ3v) is 3.32. The minimum atomic E-state index is -0.298. The van der Waals surface area contributed by atoms with E-state index >= 15 is 0 Å². The highest BCUT2D eigenvalue weighted by molar-refractivity contribution is 5.81. The molecule has 1 rings (SSSR count). The van der Waals surface area contributed by atoms with Crippen LogP contribution < -0.4 is 10.6 Å². The molecule has 0 saturated heterocycles. The Morgan fingerprint density at radius 1 is 1.33 bits per heavy atom. The Morgan fingerprint density at radius 3 is 2.47 bits per heavy atom. The Labute approximate surface area is 93.0 Å². The summed E-state index contributed by atoms with van der Waals surface area (Å²) < 4.78 is 0. The van der Waals surface area contributed by atoms with Crippen molar-refractivity contribution in [2.75, 3.05) is 20.1 Å². The van der Waals surface area contributed by atoms with E-state index in [-0.39, 0.29) is 11.3 Å². The predicted octanol–water partition coefficient (Wildman–Crippen LogP) is 1.54. The molecule has 1 aliphatic rings. The summed E-state index contributed by atoms with van der Waals surface area (Å²) in [6.45, 7) is 5.80. The molecule has 0 aliphatic heterocycles. The summed E-state index contributed by atoms with van der Waals surface area (Å²) in [5.74, 6) is 0.951. The summed E-state index contributed by atoms with van der Waals surface area (Å²) in [7, 11) is 1.70. The molecule has 0 unspecified atom stereocenters. The summed E-state index contributed by atoms with van der Waals surface area (Å²) in [4.78, 5) is 11.5. The quantitative estimate of drug-likeness (QED) is 0.726. The van der Waals surface area contributed by atoms with Crippen molar-refractivity contribution in [2.45, 2.75) is 39.5 Å². The maximum absolute atomic E-state index is 11.5. The Bertz CT molecular complexity index is 208. The third kappa shape index (κ3) is 3.82. The van der Waals surface area contributed by atoms with Crippen LogP contribution in [0.2, 0.25) is 0 Å². The number of hydrogen-bond donors (Lipinski definition) is 2. The van der Waals surface area contributed by atoms with Crippen molar-refractivity contribution in [3.05, 3.63) is 0 Å². The van der Waals surface area contributed by atoms with Crippen molar-refractivity contribution in [1.29, 1.82) is 0 Å². The highest BCUT2D eigenvalue weighted by Gasteiger charge is 2.26. The molecule has 1 aliphatic carbocycles. The van der Waals surface area contributed by atoms with Crippen molar-refractivity contribution in [3.63, 3.8) is 0 Å². The van der Waals surface area contributed by atoms with Gasteiger partial charge in [0.05, 0.1) is 5.41 Å². The zero-order valence-electron chi connectivity index (χ0n) is 10.2. The van der Waals surface area contributed by atoms with E-state index in [0.29, 0.717) is 0 Å². The van der Waals surface area contributed by atoms with Gasteiger partial charge in [-0.2, -0.15) is 0 Å². The molecule has 0 radical (unpaired) electrons. The van der Waals surface area contributed by atoms with Crippen LogP contribution >= 0.6 is 0 Å². The topological polar surface area (TPSA) is 41.1 Å². The number of carbonyl (C=O) groups is 1. The normalized spacial score (nSPS) is 18.1. The van der Waals surface area contributed by atoms with E-state index in [1.807, 2.05) is 13.8 Å². The molecule has 0 aromatic carbocycles. The van der Waals surface area contributed by atoms with Gasteiger partial charge in [-0.05, 0) is 39.2 Å². The smallest absolute Gasteiger partial charge is 0.226 e. The van der Waals surface area contributed by atoms with Crippen LogP contribution in [0, 0.1) is 11.3 Å². The number of nitrogens with one attached hydrogen (secondary N) is 2. The number of rotatable bonds is 5. The highest BCUT2D eigenvalue weighted by atomic mass is 16.2. The van der Waals surface area contributed by atoms with Crippen LogP contribution in [0.15, 0.2) is 0 Å². The lowest BCUT2D eigenvalue weighted by atomic mass is 9.92. The van der Waals surface area contributed by atoms with Gasteiger partial charge in [-0.15, -0.1) is 0 Å². The fourth-order valence-corrected chi connectivity index (χ4v) is 2.22. The first-order valence-corrected chi connectivity index (χ1v) is 5.99. The van der Waals surface area contributed by atoms with Gasteiger partial charge in [0.2, 0.25) is 5.91 Å². The first kappa shape index (κ1) is 12.5. The molecule has 88 valence electrons. The summed E-state index contributed by atoms with van der Waals surface area (Å²) in [6, 6.07) is 0. The average Bonchev–Trinajstić information content (AvgIpc) is 2.69. The van der Waals surface area contributed by atoms with Crippen molar-refractivity contribution in [2.24, 2.45) is 11.3 Å². The molecular weight excluding hydrogens is 188 g/mol. The Kier molecular flexibility index (Phi) is 4.58. The van der Waals surface area contributed by atoms with E-state index in [1.165, 1.54) is 25.7 Å². The first-order valence-electron chi connectivity index (χ1n) is 5.99. The van der Waals surface area contributed by atoms with E-state index in [0.717, 1.165) is 19.0 Å². The van der Waals surface area contributed by atoms with E-state index < -0.39 is 0 Å². The van der Waals surface area contributed by atoms with Gasteiger partial charge in [0.15, 0.2) is 0 Å². The monoisotopic (exact) mass is 212 g/mol. The maximum Gasteiger partial charge on any atom is 0.226 e. The van der Waals surface area contributed by atoms with Gasteiger partial charge in [-0.1, -0.05) is 12.8 Å². The standard InChI is InChI=1S/C12H24N2O/c1-12(2,11(15)13-3)9-14-8-10-6-4-5-7-10/h10,14H,4-9H2,1-3H3,(H,13,15). The fourth-order valence-electron chi connectivity index (χ4n) is 2.22. The fraction of sp³-hybridized carbons (Fsp3) is 0.917. The van der Waals surface area contributed by atoms with Crippen LogP contribution in [0.3, 0.4) is 0 Å². The second-order valence-electron chi connectivity index (χ2n) is 5.24. The SMILES string of the molecule is CNC(=O)C(C)(C)CNCC1CCCC1. The van der Waals surface area contributed by atoms with Crippen LogP contribution in [0.1, 0.15) is 39.5 Å². The second-order valence-corrected chi connectivity index (χ2v) is 5.24. The van der Waals surface area contributed by atoms with Gasteiger partial charge >= 0.3 is 0 Å². The van der Waals surface area contributed by atoms with Crippen molar-refractivity contribution >= 4 is 5.91 Å². The van der Waals surface area contributed by atoms with E-state index in [1.54, 1.807) is 7.05 Å². The van der Waals surface area contributed by atoms with Crippen molar-refractivity contribution < 1.29 is 4.79 Å². The minimum absolute atomic E-state index is 0.112. The maximum atomic E-state index is 11.5. The van der Waals surface area contributed by atoms with Gasteiger partial charge in [-0.3, -0.25) is 4.79 Å². The zero-order valence-corrected chi connectivity index (χ0v) is 10.2. The number of hydrogen-bond acceptors (Lipinski definition) is 2. The van der Waals surface area contributed by atoms with E-state index in [4.69, 9.17) is 0 Å². The van der Waals surface area contributed by atoms with Crippen LogP contribution in [0.25, 0.3) is 0 Å². The molecule has 0 aromatic rings. The summed E-state index contributed by atoms with van der Waals surface area (Å²) in [5, 5.41) is 6.13. The average molecular weight is 212 g/mol. The lowest BCUT2D eigenvalue weighted by molar-refractivity contribution is -0.128. The van der Waals surface area contributed by atoms with Crippen LogP contribution in [0.4, 0.5) is 0 Å². The molecule has 1 amide bonds. The molecule has 1 fully saturated rings. The Balaban J connectivity index is 2.20. The molecule has 0 spiro atoms. The largest absolute Gasteiger partial charge is 0.359 e. The molecule has 0 atom stereocenters. The van der Waals surface area contributed by atoms with E-state index in [9.17, 15) is 4.79 Å². The summed E-state index contributed by atoms with van der Waals surface area (Å²) in [5.41, 5.74) is -0.298. The second kappa shape index (κ2) is 5.50. The summed E-state index contributed by atoms with van der Waals surface area (Å²) >= 11 is 0. The van der Waals surface area contributed by atoms with Gasteiger partial charge in [0.1, 0.15) is 0 Å². The number of carbonyl (C=O) groups excluding carboxylic acids is 1. The third-order valence-electron chi connectivity index (χ3n) is 3.32. The molecule has 2 N–H and O–H groups in total. The van der Waals surface area contributed by atoms with Crippen LogP contribution in [0.5, 0.6) is 0 Å². The van der Waals surface area contributed by atoms with Gasteiger partial charge < -0.3 is 10.6 Å². The molecule has 0 heterocycles. The highest BCUT2D eigenvalue weighted by Crippen LogP contribution is 2.24. The minimum Gasteiger partial charge on any atom is -0.359 e. The van der Waals surface area contributed by atoms with Crippen LogP contribution in [-0.2, 0) is 4.79 Å². The van der Waals surface area contributed by atoms with Gasteiger partial charge in [0, 0.05) is 13.6 Å². The van der Waals surface area contributed by atoms with Crippen molar-refractivity contribution in [3.8, 4) is 0 Å². The molecule has 1 saturated carbocycles. The predicted molar refractivity (Wildman–Crippen MR) is 62.7 cm³/mol. The molecule has 3 nitrogen and oxygen atoms in total. The molecule has 0 bridgehead atoms. The Hall–Kier alpha value is -0.570. The molecule has 0 aromatic heterocycles. The van der Waals surface area contributed by atoms with Gasteiger partial charge in [0.25, 0.3) is 0 Å².